The Bertz CT molecular complexity index is 398. The van der Waals surface area contributed by atoms with Crippen LogP contribution in [-0.4, -0.2) is 37.1 Å². The molecule has 1 amide bonds. The number of nitrogens with zero attached hydrogens (tertiary/aromatic N) is 1. The molecule has 0 radical (unpaired) electrons. The third kappa shape index (κ3) is 2.41. The molecule has 3 heteroatoms. The molecular formula is C15H21NO2. The van der Waals surface area contributed by atoms with Crippen LogP contribution in [0, 0.1) is 0 Å². The van der Waals surface area contributed by atoms with Crippen LogP contribution in [0.15, 0.2) is 30.3 Å². The molecule has 1 saturated heterocycles. The van der Waals surface area contributed by atoms with Crippen LogP contribution in [-0.2, 0) is 14.9 Å². The van der Waals surface area contributed by atoms with E-state index in [9.17, 15) is 4.79 Å². The average molecular weight is 247 g/mol. The van der Waals surface area contributed by atoms with E-state index in [2.05, 4.69) is 6.92 Å². The Kier molecular flexibility index (Phi) is 4.02. The van der Waals surface area contributed by atoms with Gasteiger partial charge in [-0.2, -0.15) is 0 Å². The van der Waals surface area contributed by atoms with E-state index in [-0.39, 0.29) is 5.91 Å². The number of morpholine rings is 1. The van der Waals surface area contributed by atoms with Crippen LogP contribution in [0.3, 0.4) is 0 Å². The maximum Gasteiger partial charge on any atom is 0.233 e. The molecule has 1 unspecified atom stereocenters. The minimum atomic E-state index is -0.418. The second kappa shape index (κ2) is 5.53. The molecule has 0 aliphatic carbocycles. The van der Waals surface area contributed by atoms with Gasteiger partial charge in [-0.3, -0.25) is 4.79 Å². The van der Waals surface area contributed by atoms with Crippen molar-refractivity contribution < 1.29 is 9.53 Å². The molecule has 0 aromatic heterocycles. The van der Waals surface area contributed by atoms with E-state index >= 15 is 0 Å². The molecule has 1 aliphatic rings. The van der Waals surface area contributed by atoms with Gasteiger partial charge >= 0.3 is 0 Å². The van der Waals surface area contributed by atoms with Gasteiger partial charge in [-0.15, -0.1) is 0 Å². The summed E-state index contributed by atoms with van der Waals surface area (Å²) < 4.78 is 5.31. The Labute approximate surface area is 109 Å². The molecular weight excluding hydrogens is 226 g/mol. The summed E-state index contributed by atoms with van der Waals surface area (Å²) in [6.07, 6.45) is 0.813. The van der Waals surface area contributed by atoms with Gasteiger partial charge in [-0.1, -0.05) is 37.3 Å². The maximum absolute atomic E-state index is 12.7. The molecule has 1 aliphatic heterocycles. The Morgan fingerprint density at radius 3 is 2.44 bits per heavy atom. The number of rotatable bonds is 3. The lowest BCUT2D eigenvalue weighted by Crippen LogP contribution is -2.49. The topological polar surface area (TPSA) is 29.5 Å². The van der Waals surface area contributed by atoms with Crippen molar-refractivity contribution in [2.75, 3.05) is 26.3 Å². The number of hydrogen-bond donors (Lipinski definition) is 0. The van der Waals surface area contributed by atoms with Crippen LogP contribution >= 0.6 is 0 Å². The minimum absolute atomic E-state index is 0.222. The molecule has 18 heavy (non-hydrogen) atoms. The molecule has 0 bridgehead atoms. The number of amides is 1. The largest absolute Gasteiger partial charge is 0.378 e. The third-order valence-corrected chi connectivity index (χ3v) is 3.89. The number of carbonyl (C=O) groups excluding carboxylic acids is 1. The van der Waals surface area contributed by atoms with Gasteiger partial charge in [0.1, 0.15) is 0 Å². The summed E-state index contributed by atoms with van der Waals surface area (Å²) >= 11 is 0. The zero-order valence-electron chi connectivity index (χ0n) is 11.2. The van der Waals surface area contributed by atoms with Crippen molar-refractivity contribution in [3.8, 4) is 0 Å². The van der Waals surface area contributed by atoms with Crippen molar-refractivity contribution >= 4 is 5.91 Å². The SMILES string of the molecule is CCC(C)(C(=O)N1CCOCC1)c1ccccc1. The highest BCUT2D eigenvalue weighted by atomic mass is 16.5. The highest BCUT2D eigenvalue weighted by molar-refractivity contribution is 5.87. The average Bonchev–Trinajstić information content (AvgIpc) is 2.47. The highest BCUT2D eigenvalue weighted by Gasteiger charge is 2.36. The standard InChI is InChI=1S/C15H21NO2/c1-3-15(2,13-7-5-4-6-8-13)14(17)16-9-11-18-12-10-16/h4-8H,3,9-12H2,1-2H3. The summed E-state index contributed by atoms with van der Waals surface area (Å²) in [6.45, 7) is 6.84. The number of ether oxygens (including phenoxy) is 1. The summed E-state index contributed by atoms with van der Waals surface area (Å²) in [5.41, 5.74) is 0.683. The van der Waals surface area contributed by atoms with E-state index in [1.807, 2.05) is 42.2 Å². The smallest absolute Gasteiger partial charge is 0.233 e. The normalized spacial score (nSPS) is 19.3. The molecule has 1 atom stereocenters. The monoisotopic (exact) mass is 247 g/mol. The first-order valence-electron chi connectivity index (χ1n) is 6.61. The van der Waals surface area contributed by atoms with E-state index in [1.54, 1.807) is 0 Å². The number of benzene rings is 1. The van der Waals surface area contributed by atoms with Crippen molar-refractivity contribution in [1.82, 2.24) is 4.90 Å². The fraction of sp³-hybridized carbons (Fsp3) is 0.533. The molecule has 2 rings (SSSR count). The molecule has 0 saturated carbocycles. The van der Waals surface area contributed by atoms with E-state index in [0.717, 1.165) is 12.0 Å². The Morgan fingerprint density at radius 2 is 1.89 bits per heavy atom. The lowest BCUT2D eigenvalue weighted by atomic mass is 9.78. The number of carbonyl (C=O) groups is 1. The first-order chi connectivity index (χ1) is 8.68. The van der Waals surface area contributed by atoms with E-state index in [1.165, 1.54) is 0 Å². The van der Waals surface area contributed by atoms with Crippen molar-refractivity contribution in [2.24, 2.45) is 0 Å². The molecule has 0 N–H and O–H groups in total. The van der Waals surface area contributed by atoms with Crippen molar-refractivity contribution in [3.63, 3.8) is 0 Å². The quantitative estimate of drug-likeness (QED) is 0.819. The molecule has 98 valence electrons. The van der Waals surface area contributed by atoms with Crippen LogP contribution < -0.4 is 0 Å². The zero-order chi connectivity index (χ0) is 13.0. The third-order valence-electron chi connectivity index (χ3n) is 3.89. The van der Waals surface area contributed by atoms with Crippen LogP contribution in [0.1, 0.15) is 25.8 Å². The maximum atomic E-state index is 12.7. The molecule has 1 aromatic rings. The van der Waals surface area contributed by atoms with E-state index in [0.29, 0.717) is 26.3 Å². The van der Waals surface area contributed by atoms with Gasteiger partial charge in [0.15, 0.2) is 0 Å². The summed E-state index contributed by atoms with van der Waals surface area (Å²) in [4.78, 5) is 14.7. The van der Waals surface area contributed by atoms with Gasteiger partial charge in [-0.25, -0.2) is 0 Å². The van der Waals surface area contributed by atoms with Gasteiger partial charge in [0.25, 0.3) is 0 Å². The molecule has 3 nitrogen and oxygen atoms in total. The summed E-state index contributed by atoms with van der Waals surface area (Å²) in [7, 11) is 0. The molecule has 1 fully saturated rings. The van der Waals surface area contributed by atoms with Crippen molar-refractivity contribution in [2.45, 2.75) is 25.7 Å². The van der Waals surface area contributed by atoms with Gasteiger partial charge < -0.3 is 9.64 Å². The summed E-state index contributed by atoms with van der Waals surface area (Å²) in [5.74, 6) is 0.222. The Balaban J connectivity index is 2.23. The fourth-order valence-electron chi connectivity index (χ4n) is 2.40. The van der Waals surface area contributed by atoms with E-state index in [4.69, 9.17) is 4.74 Å². The lowest BCUT2D eigenvalue weighted by Gasteiger charge is -2.36. The molecule has 1 heterocycles. The minimum Gasteiger partial charge on any atom is -0.378 e. The van der Waals surface area contributed by atoms with Gasteiger partial charge in [0.05, 0.1) is 18.6 Å². The second-order valence-corrected chi connectivity index (χ2v) is 4.96. The first-order valence-corrected chi connectivity index (χ1v) is 6.61. The van der Waals surface area contributed by atoms with Crippen LogP contribution in [0.5, 0.6) is 0 Å². The van der Waals surface area contributed by atoms with Crippen molar-refractivity contribution in [3.05, 3.63) is 35.9 Å². The fourth-order valence-corrected chi connectivity index (χ4v) is 2.40. The van der Waals surface area contributed by atoms with Crippen LogP contribution in [0.25, 0.3) is 0 Å². The summed E-state index contributed by atoms with van der Waals surface area (Å²) in [5, 5.41) is 0. The predicted molar refractivity (Wildman–Crippen MR) is 71.5 cm³/mol. The molecule has 0 spiro atoms. The van der Waals surface area contributed by atoms with Crippen molar-refractivity contribution in [1.29, 1.82) is 0 Å². The van der Waals surface area contributed by atoms with Crippen LogP contribution in [0.4, 0.5) is 0 Å². The van der Waals surface area contributed by atoms with Crippen LogP contribution in [0.2, 0.25) is 0 Å². The molecule has 1 aromatic carbocycles. The lowest BCUT2D eigenvalue weighted by molar-refractivity contribution is -0.141. The van der Waals surface area contributed by atoms with Gasteiger partial charge in [-0.05, 0) is 18.9 Å². The number of hydrogen-bond acceptors (Lipinski definition) is 2. The second-order valence-electron chi connectivity index (χ2n) is 4.96. The van der Waals surface area contributed by atoms with Gasteiger partial charge in [0.2, 0.25) is 5.91 Å². The zero-order valence-corrected chi connectivity index (χ0v) is 11.2. The Morgan fingerprint density at radius 1 is 1.28 bits per heavy atom. The Hall–Kier alpha value is -1.35. The summed E-state index contributed by atoms with van der Waals surface area (Å²) in [6, 6.07) is 10.1. The first kappa shape index (κ1) is 13.1. The highest BCUT2D eigenvalue weighted by Crippen LogP contribution is 2.30. The van der Waals surface area contributed by atoms with Gasteiger partial charge in [0, 0.05) is 13.1 Å². The predicted octanol–water partition coefficient (Wildman–Crippen LogP) is 2.21. The van der Waals surface area contributed by atoms with E-state index < -0.39 is 5.41 Å².